The fourth-order valence-electron chi connectivity index (χ4n) is 1.74. The van der Waals surface area contributed by atoms with E-state index in [1.807, 2.05) is 0 Å². The molecule has 1 rings (SSSR count). The number of alkyl halides is 3. The molecular weight excluding hydrogens is 307 g/mol. The molecule has 0 fully saturated rings. The maximum atomic E-state index is 11.9. The summed E-state index contributed by atoms with van der Waals surface area (Å²) in [4.78, 5) is 23.2. The number of carbonyl (C=O) groups excluding carboxylic acids is 2. The van der Waals surface area contributed by atoms with E-state index >= 15 is 0 Å². The van der Waals surface area contributed by atoms with E-state index < -0.39 is 24.8 Å². The van der Waals surface area contributed by atoms with Crippen LogP contribution in [0.5, 0.6) is 0 Å². The first-order valence-electron chi connectivity index (χ1n) is 6.36. The quantitative estimate of drug-likeness (QED) is 0.605. The molecule has 0 amide bonds. The van der Waals surface area contributed by atoms with E-state index in [1.165, 1.54) is 12.1 Å². The molecule has 0 unspecified atom stereocenters. The maximum Gasteiger partial charge on any atom is 0.389 e. The number of nitrogens with two attached hydrogens (primary N) is 1. The first kappa shape index (κ1) is 17.5. The SMILES string of the molecule is Nc1ccc(Cl)c(C(=O)CCCC(=O)CCC(F)(F)F)c1. The lowest BCUT2D eigenvalue weighted by Gasteiger charge is -2.06. The van der Waals surface area contributed by atoms with Gasteiger partial charge in [0.2, 0.25) is 0 Å². The zero-order valence-electron chi connectivity index (χ0n) is 11.2. The molecule has 0 radical (unpaired) electrons. The van der Waals surface area contributed by atoms with E-state index in [4.69, 9.17) is 17.3 Å². The van der Waals surface area contributed by atoms with E-state index in [-0.39, 0.29) is 35.6 Å². The molecule has 0 heterocycles. The molecule has 0 aromatic heterocycles. The molecule has 0 aliphatic carbocycles. The molecule has 0 spiro atoms. The van der Waals surface area contributed by atoms with Crippen molar-refractivity contribution < 1.29 is 22.8 Å². The summed E-state index contributed by atoms with van der Waals surface area (Å²) < 4.78 is 35.8. The van der Waals surface area contributed by atoms with E-state index in [9.17, 15) is 22.8 Å². The molecule has 2 N–H and O–H groups in total. The van der Waals surface area contributed by atoms with Crippen LogP contribution in [-0.4, -0.2) is 17.7 Å². The van der Waals surface area contributed by atoms with Crippen molar-refractivity contribution in [3.63, 3.8) is 0 Å². The highest BCUT2D eigenvalue weighted by Crippen LogP contribution is 2.23. The smallest absolute Gasteiger partial charge is 0.389 e. The fraction of sp³-hybridized carbons (Fsp3) is 0.429. The Balaban J connectivity index is 2.40. The van der Waals surface area contributed by atoms with Gasteiger partial charge in [-0.1, -0.05) is 11.6 Å². The summed E-state index contributed by atoms with van der Waals surface area (Å²) in [5, 5.41) is 0.262. The monoisotopic (exact) mass is 321 g/mol. The molecule has 0 saturated carbocycles. The highest BCUT2D eigenvalue weighted by atomic mass is 35.5. The molecule has 0 aliphatic rings. The van der Waals surface area contributed by atoms with Gasteiger partial charge < -0.3 is 5.73 Å². The Morgan fingerprint density at radius 1 is 1.14 bits per heavy atom. The third-order valence-corrected chi connectivity index (χ3v) is 3.17. The molecule has 21 heavy (non-hydrogen) atoms. The van der Waals surface area contributed by atoms with Gasteiger partial charge in [0.25, 0.3) is 0 Å². The highest BCUT2D eigenvalue weighted by molar-refractivity contribution is 6.34. The van der Waals surface area contributed by atoms with Gasteiger partial charge in [0.05, 0.1) is 11.4 Å². The van der Waals surface area contributed by atoms with Gasteiger partial charge in [0.1, 0.15) is 5.78 Å². The summed E-state index contributed by atoms with van der Waals surface area (Å²) in [6.45, 7) is 0. The van der Waals surface area contributed by atoms with Crippen LogP contribution < -0.4 is 5.73 Å². The lowest BCUT2D eigenvalue weighted by atomic mass is 10.0. The Labute approximate surface area is 125 Å². The maximum absolute atomic E-state index is 11.9. The topological polar surface area (TPSA) is 60.2 Å². The van der Waals surface area contributed by atoms with Crippen molar-refractivity contribution >= 4 is 28.9 Å². The lowest BCUT2D eigenvalue weighted by Crippen LogP contribution is -2.11. The third-order valence-electron chi connectivity index (χ3n) is 2.84. The van der Waals surface area contributed by atoms with Gasteiger partial charge in [0.15, 0.2) is 5.78 Å². The first-order valence-corrected chi connectivity index (χ1v) is 6.73. The van der Waals surface area contributed by atoms with Crippen LogP contribution in [0.25, 0.3) is 0 Å². The van der Waals surface area contributed by atoms with Crippen LogP contribution in [0.2, 0.25) is 5.02 Å². The summed E-state index contributed by atoms with van der Waals surface area (Å²) in [5.41, 5.74) is 6.21. The van der Waals surface area contributed by atoms with Crippen molar-refractivity contribution in [3.05, 3.63) is 28.8 Å². The molecular formula is C14H15ClF3NO2. The van der Waals surface area contributed by atoms with E-state index in [2.05, 4.69) is 0 Å². The Bertz CT molecular complexity index is 529. The number of hydrogen-bond acceptors (Lipinski definition) is 3. The number of ketones is 2. The fourth-order valence-corrected chi connectivity index (χ4v) is 1.97. The molecule has 7 heteroatoms. The van der Waals surface area contributed by atoms with Crippen molar-refractivity contribution in [3.8, 4) is 0 Å². The van der Waals surface area contributed by atoms with Crippen molar-refractivity contribution in [1.29, 1.82) is 0 Å². The van der Waals surface area contributed by atoms with E-state index in [0.29, 0.717) is 5.69 Å². The number of Topliss-reactive ketones (excluding diaryl/α,β-unsaturated/α-hetero) is 2. The molecule has 0 aliphatic heterocycles. The summed E-state index contributed by atoms with van der Waals surface area (Å²) in [7, 11) is 0. The van der Waals surface area contributed by atoms with E-state index in [0.717, 1.165) is 0 Å². The van der Waals surface area contributed by atoms with Gasteiger partial charge in [0, 0.05) is 30.5 Å². The van der Waals surface area contributed by atoms with Gasteiger partial charge in [-0.2, -0.15) is 13.2 Å². The Morgan fingerprint density at radius 2 is 1.81 bits per heavy atom. The molecule has 0 atom stereocenters. The minimum Gasteiger partial charge on any atom is -0.399 e. The van der Waals surface area contributed by atoms with Crippen LogP contribution in [0, 0.1) is 0 Å². The number of carbonyl (C=O) groups is 2. The van der Waals surface area contributed by atoms with Crippen LogP contribution in [0.4, 0.5) is 18.9 Å². The molecule has 116 valence electrons. The average Bonchev–Trinajstić information content (AvgIpc) is 2.38. The molecule has 1 aromatic carbocycles. The van der Waals surface area contributed by atoms with Crippen LogP contribution in [-0.2, 0) is 4.79 Å². The predicted molar refractivity (Wildman–Crippen MR) is 74.3 cm³/mol. The lowest BCUT2D eigenvalue weighted by molar-refractivity contribution is -0.143. The van der Waals surface area contributed by atoms with Gasteiger partial charge in [-0.05, 0) is 24.6 Å². The summed E-state index contributed by atoms with van der Waals surface area (Å²) in [5.74, 6) is -0.783. The minimum absolute atomic E-state index is 0.0426. The van der Waals surface area contributed by atoms with Crippen molar-refractivity contribution in [2.24, 2.45) is 0 Å². The number of nitrogen functional groups attached to an aromatic ring is 1. The van der Waals surface area contributed by atoms with Crippen LogP contribution in [0.3, 0.4) is 0 Å². The Kier molecular flexibility index (Phi) is 6.20. The third kappa shape index (κ3) is 6.62. The molecule has 1 aromatic rings. The number of halogens is 4. The zero-order chi connectivity index (χ0) is 16.0. The van der Waals surface area contributed by atoms with Crippen molar-refractivity contribution in [1.82, 2.24) is 0 Å². The number of hydrogen-bond donors (Lipinski definition) is 1. The standard InChI is InChI=1S/C14H15ClF3NO2/c15-12-5-4-9(19)8-11(12)13(21)3-1-2-10(20)6-7-14(16,17)18/h4-5,8H,1-3,6-7,19H2. The van der Waals surface area contributed by atoms with Crippen molar-refractivity contribution in [2.45, 2.75) is 38.3 Å². The second-order valence-corrected chi connectivity index (χ2v) is 5.08. The summed E-state index contributed by atoms with van der Waals surface area (Å²) >= 11 is 5.86. The number of benzene rings is 1. The number of rotatable bonds is 7. The van der Waals surface area contributed by atoms with Gasteiger partial charge in [-0.25, -0.2) is 0 Å². The van der Waals surface area contributed by atoms with Gasteiger partial charge in [-0.15, -0.1) is 0 Å². The van der Waals surface area contributed by atoms with Gasteiger partial charge in [-0.3, -0.25) is 9.59 Å². The predicted octanol–water partition coefficient (Wildman–Crippen LogP) is 4.19. The Morgan fingerprint density at radius 3 is 2.43 bits per heavy atom. The summed E-state index contributed by atoms with van der Waals surface area (Å²) in [6.07, 6.45) is -5.82. The normalized spacial score (nSPS) is 11.4. The second kappa shape index (κ2) is 7.45. The van der Waals surface area contributed by atoms with Gasteiger partial charge >= 0.3 is 6.18 Å². The Hall–Kier alpha value is -1.56. The van der Waals surface area contributed by atoms with Crippen LogP contribution >= 0.6 is 11.6 Å². The number of anilines is 1. The van der Waals surface area contributed by atoms with Crippen LogP contribution in [0.15, 0.2) is 18.2 Å². The molecule has 0 bridgehead atoms. The average molecular weight is 322 g/mol. The summed E-state index contributed by atoms with van der Waals surface area (Å²) in [6, 6.07) is 4.49. The molecule has 3 nitrogen and oxygen atoms in total. The van der Waals surface area contributed by atoms with Crippen molar-refractivity contribution in [2.75, 3.05) is 5.73 Å². The van der Waals surface area contributed by atoms with Crippen LogP contribution in [0.1, 0.15) is 42.5 Å². The zero-order valence-corrected chi connectivity index (χ0v) is 11.9. The molecule has 0 saturated heterocycles. The largest absolute Gasteiger partial charge is 0.399 e. The minimum atomic E-state index is -4.33. The van der Waals surface area contributed by atoms with E-state index in [1.54, 1.807) is 6.07 Å². The first-order chi connectivity index (χ1) is 9.69. The second-order valence-electron chi connectivity index (χ2n) is 4.67. The highest BCUT2D eigenvalue weighted by Gasteiger charge is 2.27.